The zero-order chi connectivity index (χ0) is 20.8. The molecule has 0 spiro atoms. The monoisotopic (exact) mass is 398 g/mol. The molecule has 0 aliphatic heterocycles. The Morgan fingerprint density at radius 3 is 1.50 bits per heavy atom. The van der Waals surface area contributed by atoms with E-state index in [1.807, 2.05) is 24.3 Å². The van der Waals surface area contributed by atoms with Crippen molar-refractivity contribution in [2.24, 2.45) is 0 Å². The number of carbonyl (C=O) groups is 2. The van der Waals surface area contributed by atoms with Gasteiger partial charge in [0.2, 0.25) is 0 Å². The second kappa shape index (κ2) is 8.70. The first kappa shape index (κ1) is 18.9. The highest BCUT2D eigenvalue weighted by Gasteiger charge is 2.10. The van der Waals surface area contributed by atoms with Crippen molar-refractivity contribution in [1.29, 1.82) is 0 Å². The number of hydrogen-bond donors (Lipinski definition) is 4. The first-order valence-electron chi connectivity index (χ1n) is 9.19. The molecule has 0 saturated carbocycles. The first-order valence-corrected chi connectivity index (χ1v) is 9.19. The van der Waals surface area contributed by atoms with Gasteiger partial charge in [-0.05, 0) is 24.3 Å². The van der Waals surface area contributed by atoms with Crippen LogP contribution in [0.25, 0.3) is 10.8 Å². The Kier molecular flexibility index (Phi) is 5.47. The summed E-state index contributed by atoms with van der Waals surface area (Å²) >= 11 is 0. The minimum absolute atomic E-state index is 0.0794. The number of rotatable bonds is 6. The van der Waals surface area contributed by atoms with Gasteiger partial charge in [0.25, 0.3) is 0 Å². The minimum Gasteiger partial charge on any atom is -0.306 e. The number of hydrazine groups is 2. The molecular weight excluding hydrogens is 380 g/mol. The van der Waals surface area contributed by atoms with Crippen LogP contribution in [0.15, 0.2) is 96.4 Å². The smallest absolute Gasteiger partial charge is 0.187 e. The third kappa shape index (κ3) is 4.17. The highest BCUT2D eigenvalue weighted by atomic mass is 16.1. The van der Waals surface area contributed by atoms with E-state index in [4.69, 9.17) is 0 Å². The van der Waals surface area contributed by atoms with Crippen LogP contribution in [-0.2, 0) is 9.59 Å². The molecule has 8 heteroatoms. The summed E-state index contributed by atoms with van der Waals surface area (Å²) in [4.78, 5) is 23.6. The van der Waals surface area contributed by atoms with E-state index in [0.717, 1.165) is 10.8 Å². The highest BCUT2D eigenvalue weighted by Crippen LogP contribution is 2.25. The summed E-state index contributed by atoms with van der Waals surface area (Å²) in [5.41, 5.74) is 12.8. The molecule has 4 rings (SSSR count). The maximum absolute atomic E-state index is 11.8. The molecular formula is C22H18N6O2. The number of allylic oxidation sites excluding steroid dienone is 10. The van der Waals surface area contributed by atoms with E-state index in [9.17, 15) is 9.59 Å². The minimum atomic E-state index is -0.0794. The summed E-state index contributed by atoms with van der Waals surface area (Å²) in [5.74, 6) is 0.850. The Hall–Kier alpha value is -4.46. The standard InChI is InChI=1S/C22H18N6O2/c29-19-11-5-1-7-15(19)13-23-25-21-17-9-3-4-10-18(17)22(28-27-21)26-24-14-16-8-2-6-12-20(16)30/h1-14,23-24H,(H,25,27)(H,26,28). The number of anilines is 2. The Labute approximate surface area is 172 Å². The molecule has 2 aliphatic rings. The van der Waals surface area contributed by atoms with Crippen molar-refractivity contribution in [3.63, 3.8) is 0 Å². The van der Waals surface area contributed by atoms with E-state index in [0.29, 0.717) is 22.8 Å². The normalized spacial score (nSPS) is 17.7. The lowest BCUT2D eigenvalue weighted by molar-refractivity contribution is -0.111. The lowest BCUT2D eigenvalue weighted by Crippen LogP contribution is -2.21. The predicted octanol–water partition coefficient (Wildman–Crippen LogP) is 2.62. The van der Waals surface area contributed by atoms with Gasteiger partial charge in [-0.3, -0.25) is 20.4 Å². The molecule has 0 bridgehead atoms. The summed E-state index contributed by atoms with van der Waals surface area (Å²) in [7, 11) is 0. The van der Waals surface area contributed by atoms with Gasteiger partial charge in [-0.15, -0.1) is 10.2 Å². The number of benzene rings is 1. The van der Waals surface area contributed by atoms with Gasteiger partial charge in [-0.1, -0.05) is 48.6 Å². The van der Waals surface area contributed by atoms with Crippen molar-refractivity contribution in [3.05, 3.63) is 96.4 Å². The van der Waals surface area contributed by atoms with Crippen LogP contribution in [0.1, 0.15) is 0 Å². The number of ketones is 2. The number of aromatic nitrogens is 2. The van der Waals surface area contributed by atoms with Crippen molar-refractivity contribution < 1.29 is 9.59 Å². The molecule has 1 heterocycles. The molecule has 1 aromatic carbocycles. The van der Waals surface area contributed by atoms with Gasteiger partial charge < -0.3 is 10.9 Å². The van der Waals surface area contributed by atoms with Crippen LogP contribution >= 0.6 is 0 Å². The van der Waals surface area contributed by atoms with E-state index in [1.165, 1.54) is 12.2 Å². The van der Waals surface area contributed by atoms with Gasteiger partial charge in [-0.25, -0.2) is 0 Å². The molecule has 148 valence electrons. The molecule has 0 atom stereocenters. The maximum atomic E-state index is 11.8. The largest absolute Gasteiger partial charge is 0.306 e. The third-order valence-electron chi connectivity index (χ3n) is 4.36. The summed E-state index contributed by atoms with van der Waals surface area (Å²) in [6, 6.07) is 7.58. The van der Waals surface area contributed by atoms with Gasteiger partial charge in [0.15, 0.2) is 23.2 Å². The Bertz CT molecular complexity index is 1090. The van der Waals surface area contributed by atoms with E-state index in [2.05, 4.69) is 31.9 Å². The lowest BCUT2D eigenvalue weighted by atomic mass is 10.1. The van der Waals surface area contributed by atoms with Gasteiger partial charge in [0.1, 0.15) is 0 Å². The second-order valence-electron chi connectivity index (χ2n) is 6.35. The molecule has 0 radical (unpaired) electrons. The summed E-state index contributed by atoms with van der Waals surface area (Å²) in [6.45, 7) is 0. The van der Waals surface area contributed by atoms with Gasteiger partial charge >= 0.3 is 0 Å². The Morgan fingerprint density at radius 2 is 1.07 bits per heavy atom. The van der Waals surface area contributed by atoms with Crippen LogP contribution < -0.4 is 21.7 Å². The van der Waals surface area contributed by atoms with Gasteiger partial charge in [0, 0.05) is 34.3 Å². The van der Waals surface area contributed by atoms with Crippen molar-refractivity contribution in [3.8, 4) is 0 Å². The third-order valence-corrected chi connectivity index (χ3v) is 4.36. The van der Waals surface area contributed by atoms with Crippen LogP contribution in [0.4, 0.5) is 11.6 Å². The summed E-state index contributed by atoms with van der Waals surface area (Å²) < 4.78 is 0. The molecule has 0 saturated heterocycles. The van der Waals surface area contributed by atoms with E-state index >= 15 is 0 Å². The maximum Gasteiger partial charge on any atom is 0.187 e. The number of carbonyl (C=O) groups excluding carboxylic acids is 2. The van der Waals surface area contributed by atoms with Crippen molar-refractivity contribution in [2.75, 3.05) is 10.9 Å². The van der Waals surface area contributed by atoms with Crippen LogP contribution in [0.5, 0.6) is 0 Å². The zero-order valence-electron chi connectivity index (χ0n) is 15.8. The highest BCUT2D eigenvalue weighted by molar-refractivity contribution is 6.07. The molecule has 4 N–H and O–H groups in total. The molecule has 2 aliphatic carbocycles. The van der Waals surface area contributed by atoms with Crippen LogP contribution in [0.3, 0.4) is 0 Å². The number of hydrogen-bond acceptors (Lipinski definition) is 8. The van der Waals surface area contributed by atoms with Gasteiger partial charge in [0.05, 0.1) is 0 Å². The fraction of sp³-hybridized carbons (Fsp3) is 0. The molecule has 0 amide bonds. The quantitative estimate of drug-likeness (QED) is 0.434. The van der Waals surface area contributed by atoms with Crippen LogP contribution in [0, 0.1) is 0 Å². The molecule has 30 heavy (non-hydrogen) atoms. The molecule has 1 aromatic heterocycles. The van der Waals surface area contributed by atoms with Crippen LogP contribution in [-0.4, -0.2) is 21.8 Å². The Balaban J connectivity index is 1.49. The van der Waals surface area contributed by atoms with E-state index < -0.39 is 0 Å². The van der Waals surface area contributed by atoms with Crippen molar-refractivity contribution in [2.45, 2.75) is 0 Å². The number of fused-ring (bicyclic) bond motifs is 1. The van der Waals surface area contributed by atoms with Crippen molar-refractivity contribution in [1.82, 2.24) is 21.0 Å². The average Bonchev–Trinajstić information content (AvgIpc) is 2.77. The SMILES string of the molecule is O=C1C=CC=CC1=CNNc1nnc(NNC=C2C=CC=CC2=O)c2ccccc12. The van der Waals surface area contributed by atoms with Crippen LogP contribution in [0.2, 0.25) is 0 Å². The first-order chi connectivity index (χ1) is 14.7. The summed E-state index contributed by atoms with van der Waals surface area (Å²) in [6.07, 6.45) is 16.5. The fourth-order valence-corrected chi connectivity index (χ4v) is 2.85. The van der Waals surface area contributed by atoms with E-state index in [-0.39, 0.29) is 11.6 Å². The number of nitrogens with zero attached hydrogens (tertiary/aromatic N) is 2. The van der Waals surface area contributed by atoms with Gasteiger partial charge in [-0.2, -0.15) is 0 Å². The molecule has 0 unspecified atom stereocenters. The fourth-order valence-electron chi connectivity index (χ4n) is 2.85. The number of nitrogens with one attached hydrogen (secondary N) is 4. The predicted molar refractivity (Wildman–Crippen MR) is 116 cm³/mol. The van der Waals surface area contributed by atoms with E-state index in [1.54, 1.807) is 48.9 Å². The zero-order valence-corrected chi connectivity index (χ0v) is 15.8. The molecule has 0 fully saturated rings. The lowest BCUT2D eigenvalue weighted by Gasteiger charge is -2.12. The van der Waals surface area contributed by atoms with Crippen molar-refractivity contribution >= 4 is 34.0 Å². The Morgan fingerprint density at radius 1 is 0.633 bits per heavy atom. The second-order valence-corrected chi connectivity index (χ2v) is 6.35. The molecule has 2 aromatic rings. The molecule has 8 nitrogen and oxygen atoms in total. The topological polar surface area (TPSA) is 108 Å². The summed E-state index contributed by atoms with van der Waals surface area (Å²) in [5, 5.41) is 10.0. The average molecular weight is 398 g/mol.